The van der Waals surface area contributed by atoms with Gasteiger partial charge in [0, 0.05) is 12.7 Å². The van der Waals surface area contributed by atoms with E-state index in [1.165, 1.54) is 9.30 Å². The van der Waals surface area contributed by atoms with Gasteiger partial charge in [-0.1, -0.05) is 36.1 Å². The number of benzene rings is 1. The molecule has 0 spiro atoms. The summed E-state index contributed by atoms with van der Waals surface area (Å²) in [6.07, 6.45) is 4.77. The summed E-state index contributed by atoms with van der Waals surface area (Å²) < 4.78 is 18.1. The fraction of sp³-hybridized carbons (Fsp3) is 0.154. The molecule has 1 fully saturated rings. The van der Waals surface area contributed by atoms with Gasteiger partial charge in [-0.05, 0) is 54.5 Å². The lowest BCUT2D eigenvalue weighted by Gasteiger charge is -2.13. The molecule has 1 N–H and O–H groups in total. The quantitative estimate of drug-likeness (QED) is 0.287. The molecule has 2 aliphatic heterocycles. The van der Waals surface area contributed by atoms with Crippen molar-refractivity contribution in [3.05, 3.63) is 92.6 Å². The Morgan fingerprint density at radius 1 is 1.16 bits per heavy atom. The molecule has 37 heavy (non-hydrogen) atoms. The monoisotopic (exact) mass is 532 g/mol. The van der Waals surface area contributed by atoms with Crippen molar-refractivity contribution in [2.75, 3.05) is 12.1 Å². The summed E-state index contributed by atoms with van der Waals surface area (Å²) in [5.74, 6) is 2.06. The number of aryl methyl sites for hydroxylation is 1. The number of furan rings is 1. The summed E-state index contributed by atoms with van der Waals surface area (Å²) in [5, 5.41) is 3.28. The van der Waals surface area contributed by atoms with Gasteiger partial charge in [0.15, 0.2) is 11.5 Å². The highest BCUT2D eigenvalue weighted by atomic mass is 32.2. The third-order valence-electron chi connectivity index (χ3n) is 6.02. The lowest BCUT2D eigenvalue weighted by atomic mass is 10.2. The Morgan fingerprint density at radius 3 is 2.86 bits per heavy atom. The molecule has 1 aromatic carbocycles. The first-order valence-electron chi connectivity index (χ1n) is 11.4. The predicted molar refractivity (Wildman–Crippen MR) is 144 cm³/mol. The summed E-state index contributed by atoms with van der Waals surface area (Å²) >= 11 is 6.59. The van der Waals surface area contributed by atoms with Gasteiger partial charge in [-0.25, -0.2) is 4.98 Å². The van der Waals surface area contributed by atoms with Crippen molar-refractivity contribution in [3.8, 4) is 11.5 Å². The van der Waals surface area contributed by atoms with Crippen molar-refractivity contribution >= 4 is 51.7 Å². The van der Waals surface area contributed by atoms with Crippen LogP contribution in [0.4, 0.5) is 5.82 Å². The molecule has 186 valence electrons. The molecule has 11 heteroatoms. The molecular weight excluding hydrogens is 512 g/mol. The SMILES string of the molecule is Cc1cccn2c(=O)c(/C=C3\SC(=S)N(Cc4ccco4)C3=O)c(NCc3ccc4c(c3)OCO4)nc12. The van der Waals surface area contributed by atoms with E-state index in [1.54, 1.807) is 36.7 Å². The molecule has 0 radical (unpaired) electrons. The smallest absolute Gasteiger partial charge is 0.267 e. The van der Waals surface area contributed by atoms with Gasteiger partial charge in [0.2, 0.25) is 6.79 Å². The third kappa shape index (κ3) is 4.36. The van der Waals surface area contributed by atoms with Crippen LogP contribution < -0.4 is 20.3 Å². The summed E-state index contributed by atoms with van der Waals surface area (Å²) in [7, 11) is 0. The first-order valence-corrected chi connectivity index (χ1v) is 12.6. The molecule has 0 aliphatic carbocycles. The zero-order valence-electron chi connectivity index (χ0n) is 19.6. The normalized spacial score (nSPS) is 15.8. The van der Waals surface area contributed by atoms with Gasteiger partial charge in [-0.2, -0.15) is 0 Å². The minimum absolute atomic E-state index is 0.191. The number of nitrogens with one attached hydrogen (secondary N) is 1. The molecule has 1 saturated heterocycles. The van der Waals surface area contributed by atoms with Crippen molar-refractivity contribution in [3.63, 3.8) is 0 Å². The van der Waals surface area contributed by atoms with Crippen molar-refractivity contribution in [2.24, 2.45) is 0 Å². The molecule has 0 atom stereocenters. The van der Waals surface area contributed by atoms with E-state index in [2.05, 4.69) is 5.32 Å². The Morgan fingerprint density at radius 2 is 2.03 bits per heavy atom. The number of hydrogen-bond donors (Lipinski definition) is 1. The number of pyridine rings is 1. The van der Waals surface area contributed by atoms with E-state index >= 15 is 0 Å². The lowest BCUT2D eigenvalue weighted by molar-refractivity contribution is -0.122. The molecule has 0 saturated carbocycles. The number of thiocarbonyl (C=S) groups is 1. The highest BCUT2D eigenvalue weighted by Gasteiger charge is 2.33. The Labute approximate surface area is 220 Å². The highest BCUT2D eigenvalue weighted by molar-refractivity contribution is 8.26. The van der Waals surface area contributed by atoms with E-state index < -0.39 is 0 Å². The van der Waals surface area contributed by atoms with Crippen LogP contribution in [0.2, 0.25) is 0 Å². The number of carbonyl (C=O) groups is 1. The number of hydrogen-bond acceptors (Lipinski definition) is 9. The minimum Gasteiger partial charge on any atom is -0.467 e. The second kappa shape index (κ2) is 9.41. The number of ether oxygens (including phenoxy) is 2. The second-order valence-electron chi connectivity index (χ2n) is 8.45. The topological polar surface area (TPSA) is 98.3 Å². The number of anilines is 1. The van der Waals surface area contributed by atoms with Crippen molar-refractivity contribution < 1.29 is 18.7 Å². The fourth-order valence-corrected chi connectivity index (χ4v) is 5.38. The van der Waals surface area contributed by atoms with Crippen LogP contribution in [0.15, 0.2) is 69.0 Å². The summed E-state index contributed by atoms with van der Waals surface area (Å²) in [6.45, 7) is 2.68. The summed E-state index contributed by atoms with van der Waals surface area (Å²) in [6, 6.07) is 12.9. The average molecular weight is 533 g/mol. The highest BCUT2D eigenvalue weighted by Crippen LogP contribution is 2.35. The number of amides is 1. The van der Waals surface area contributed by atoms with Crippen LogP contribution in [0.3, 0.4) is 0 Å². The Bertz CT molecular complexity index is 1640. The Hall–Kier alpha value is -4.09. The van der Waals surface area contributed by atoms with E-state index in [1.807, 2.05) is 31.2 Å². The maximum absolute atomic E-state index is 13.6. The molecule has 4 aromatic rings. The van der Waals surface area contributed by atoms with Crippen LogP contribution in [0.25, 0.3) is 11.7 Å². The van der Waals surface area contributed by atoms with Crippen LogP contribution in [-0.4, -0.2) is 31.3 Å². The number of carbonyl (C=O) groups excluding carboxylic acids is 1. The maximum Gasteiger partial charge on any atom is 0.267 e. The van der Waals surface area contributed by atoms with Crippen LogP contribution in [-0.2, 0) is 17.9 Å². The second-order valence-corrected chi connectivity index (χ2v) is 10.1. The van der Waals surface area contributed by atoms with Gasteiger partial charge in [0.25, 0.3) is 11.5 Å². The lowest BCUT2D eigenvalue weighted by Crippen LogP contribution is -2.27. The van der Waals surface area contributed by atoms with E-state index in [4.69, 9.17) is 31.1 Å². The molecule has 9 nitrogen and oxygen atoms in total. The number of thioether (sulfide) groups is 1. The van der Waals surface area contributed by atoms with Gasteiger partial charge >= 0.3 is 0 Å². The molecule has 1 amide bonds. The Kier molecular flexibility index (Phi) is 5.93. The molecule has 6 rings (SSSR count). The van der Waals surface area contributed by atoms with Gasteiger partial charge in [-0.3, -0.25) is 18.9 Å². The van der Waals surface area contributed by atoms with Crippen LogP contribution >= 0.6 is 24.0 Å². The standard InChI is InChI=1S/C26H20N4O5S2/c1-15-4-2-8-29-23(15)28-22(27-12-16-6-7-19-20(10-16)35-14-34-19)18(24(29)31)11-21-25(32)30(26(36)37-21)13-17-5-3-9-33-17/h2-11,27H,12-14H2,1H3/b21-11-. The van der Waals surface area contributed by atoms with E-state index in [-0.39, 0.29) is 30.4 Å². The number of fused-ring (bicyclic) bond motifs is 2. The minimum atomic E-state index is -0.293. The Balaban J connectivity index is 1.37. The molecule has 3 aromatic heterocycles. The number of rotatable bonds is 6. The molecule has 0 bridgehead atoms. The predicted octanol–water partition coefficient (Wildman–Crippen LogP) is 4.34. The van der Waals surface area contributed by atoms with Gasteiger partial charge in [0.05, 0.1) is 23.3 Å². The molecular formula is C26H20N4O5S2. The van der Waals surface area contributed by atoms with Crippen molar-refractivity contribution in [1.82, 2.24) is 14.3 Å². The molecule has 2 aliphatic rings. The number of nitrogens with zero attached hydrogens (tertiary/aromatic N) is 3. The van der Waals surface area contributed by atoms with E-state index in [0.717, 1.165) is 22.9 Å². The zero-order valence-corrected chi connectivity index (χ0v) is 21.2. The largest absolute Gasteiger partial charge is 0.467 e. The average Bonchev–Trinajstić information content (AvgIpc) is 3.63. The van der Waals surface area contributed by atoms with Crippen LogP contribution in [0.1, 0.15) is 22.5 Å². The summed E-state index contributed by atoms with van der Waals surface area (Å²) in [4.78, 5) is 33.4. The van der Waals surface area contributed by atoms with Crippen LogP contribution in [0, 0.1) is 6.92 Å². The van der Waals surface area contributed by atoms with Crippen molar-refractivity contribution in [1.29, 1.82) is 0 Å². The number of aromatic nitrogens is 2. The van der Waals surface area contributed by atoms with Crippen molar-refractivity contribution in [2.45, 2.75) is 20.0 Å². The third-order valence-corrected chi connectivity index (χ3v) is 7.40. The van der Waals surface area contributed by atoms with Gasteiger partial charge in [0.1, 0.15) is 21.5 Å². The van der Waals surface area contributed by atoms with Crippen LogP contribution in [0.5, 0.6) is 11.5 Å². The van der Waals surface area contributed by atoms with E-state index in [0.29, 0.717) is 44.5 Å². The fourth-order valence-electron chi connectivity index (χ4n) is 4.14. The molecule has 5 heterocycles. The van der Waals surface area contributed by atoms with Gasteiger partial charge in [-0.15, -0.1) is 0 Å². The van der Waals surface area contributed by atoms with Gasteiger partial charge < -0.3 is 19.2 Å². The zero-order chi connectivity index (χ0) is 25.5. The maximum atomic E-state index is 13.6. The first kappa shape index (κ1) is 23.3. The first-order chi connectivity index (χ1) is 18.0. The summed E-state index contributed by atoms with van der Waals surface area (Å²) in [5.41, 5.74) is 2.28. The van der Waals surface area contributed by atoms with E-state index in [9.17, 15) is 9.59 Å². The molecule has 0 unspecified atom stereocenters.